The molecule has 0 atom stereocenters. The predicted octanol–water partition coefficient (Wildman–Crippen LogP) is 3.73. The van der Waals surface area contributed by atoms with Gasteiger partial charge in [0.2, 0.25) is 10.0 Å². The summed E-state index contributed by atoms with van der Waals surface area (Å²) in [6, 6.07) is 1.88. The van der Waals surface area contributed by atoms with Crippen molar-refractivity contribution in [2.75, 3.05) is 17.6 Å². The van der Waals surface area contributed by atoms with Gasteiger partial charge in [0.25, 0.3) is 0 Å². The molecule has 0 spiro atoms. The Balaban J connectivity index is 2.15. The number of benzene rings is 1. The molecule has 1 aromatic carbocycles. The van der Waals surface area contributed by atoms with Crippen molar-refractivity contribution < 1.29 is 35.6 Å². The van der Waals surface area contributed by atoms with Crippen LogP contribution in [0.4, 0.5) is 18.9 Å². The predicted molar refractivity (Wildman–Crippen MR) is 93.3 cm³/mol. The van der Waals surface area contributed by atoms with Crippen molar-refractivity contribution in [2.45, 2.75) is 25.1 Å². The molecular weight excluding hydrogens is 425 g/mol. The van der Waals surface area contributed by atoms with Crippen LogP contribution >= 0.6 is 11.6 Å². The van der Waals surface area contributed by atoms with E-state index in [1.165, 1.54) is 6.20 Å². The molecule has 7 nitrogen and oxygen atoms in total. The number of aromatic nitrogens is 1. The van der Waals surface area contributed by atoms with E-state index in [0.29, 0.717) is 10.1 Å². The van der Waals surface area contributed by atoms with Crippen LogP contribution in [0.5, 0.6) is 5.75 Å². The fourth-order valence-corrected chi connectivity index (χ4v) is 3.51. The summed E-state index contributed by atoms with van der Waals surface area (Å²) in [5, 5.41) is 2.94. The van der Waals surface area contributed by atoms with Crippen LogP contribution in [0.1, 0.15) is 40.4 Å². The highest BCUT2D eigenvalue weighted by molar-refractivity contribution is 7.92. The van der Waals surface area contributed by atoms with E-state index in [2.05, 4.69) is 9.89 Å². The number of carbonyl (C=O) groups is 1. The summed E-state index contributed by atoms with van der Waals surface area (Å²) in [7, 11) is -2.89. The first kappa shape index (κ1) is 20.5. The monoisotopic (exact) mass is 438 g/mol. The van der Waals surface area contributed by atoms with Crippen LogP contribution in [0.3, 0.4) is 0 Å². The molecule has 0 unspecified atom stereocenters. The molecule has 0 aliphatic heterocycles. The molecule has 12 heteroatoms. The van der Waals surface area contributed by atoms with Crippen LogP contribution in [-0.4, -0.2) is 39.0 Å². The van der Waals surface area contributed by atoms with E-state index >= 15 is 0 Å². The normalized spacial score (nSPS) is 14.8. The Morgan fingerprint density at radius 3 is 2.50 bits per heavy atom. The third kappa shape index (κ3) is 4.09. The quantitative estimate of drug-likeness (QED) is 0.638. The number of alkyl halides is 3. The number of carbonyl (C=O) groups excluding carboxylic acids is 1. The van der Waals surface area contributed by atoms with E-state index in [-0.39, 0.29) is 17.0 Å². The van der Waals surface area contributed by atoms with Gasteiger partial charge < -0.3 is 9.26 Å². The second-order valence-corrected chi connectivity index (χ2v) is 8.65. The molecule has 1 heterocycles. The van der Waals surface area contributed by atoms with Gasteiger partial charge in [-0.05, 0) is 25.0 Å². The Morgan fingerprint density at radius 2 is 1.96 bits per heavy atom. The minimum atomic E-state index is -5.05. The molecule has 0 bridgehead atoms. The molecule has 28 heavy (non-hydrogen) atoms. The highest BCUT2D eigenvalue weighted by Crippen LogP contribution is 2.44. The maximum absolute atomic E-state index is 13.0. The van der Waals surface area contributed by atoms with Gasteiger partial charge in [0.1, 0.15) is 10.8 Å². The van der Waals surface area contributed by atoms with E-state index in [0.717, 1.165) is 38.3 Å². The topological polar surface area (TPSA) is 89.7 Å². The van der Waals surface area contributed by atoms with Gasteiger partial charge in [-0.2, -0.15) is 0 Å². The fourth-order valence-electron chi connectivity index (χ4n) is 2.61. The zero-order chi connectivity index (χ0) is 20.9. The maximum atomic E-state index is 13.0. The standard InChI is InChI=1S/C16H14ClF3N2O5S/c1-22(28(2,24)25)13-9(5-6-11(12(13)17)26-16(18,19)20)14(23)10-7-21-27-15(10)8-3-4-8/h5-8H,3-4H2,1-2H3. The smallest absolute Gasteiger partial charge is 0.404 e. The van der Waals surface area contributed by atoms with Gasteiger partial charge in [-0.25, -0.2) is 8.42 Å². The third-order valence-corrected chi connectivity index (χ3v) is 5.70. The molecule has 0 radical (unpaired) electrons. The lowest BCUT2D eigenvalue weighted by Gasteiger charge is -2.23. The highest BCUT2D eigenvalue weighted by atomic mass is 35.5. The summed E-state index contributed by atoms with van der Waals surface area (Å²) in [5.41, 5.74) is -0.553. The number of nitrogens with zero attached hydrogens (tertiary/aromatic N) is 2. The van der Waals surface area contributed by atoms with Crippen molar-refractivity contribution >= 4 is 33.1 Å². The van der Waals surface area contributed by atoms with Crippen LogP contribution in [0, 0.1) is 0 Å². The molecule has 1 aliphatic rings. The average Bonchev–Trinajstić information content (AvgIpc) is 3.30. The summed E-state index contributed by atoms with van der Waals surface area (Å²) in [6.07, 6.45) is -1.42. The van der Waals surface area contributed by atoms with Crippen molar-refractivity contribution in [2.24, 2.45) is 0 Å². The largest absolute Gasteiger partial charge is 0.573 e. The zero-order valence-electron chi connectivity index (χ0n) is 14.6. The van der Waals surface area contributed by atoms with Crippen LogP contribution in [0.25, 0.3) is 0 Å². The molecular formula is C16H14ClF3N2O5S. The van der Waals surface area contributed by atoms with Crippen LogP contribution in [0.2, 0.25) is 5.02 Å². The second-order valence-electron chi connectivity index (χ2n) is 6.26. The number of hydrogen-bond acceptors (Lipinski definition) is 6. The first-order valence-corrected chi connectivity index (χ1v) is 10.1. The summed E-state index contributed by atoms with van der Waals surface area (Å²) in [6.45, 7) is 0. The van der Waals surface area contributed by atoms with Crippen LogP contribution in [-0.2, 0) is 10.0 Å². The number of ketones is 1. The number of halogens is 4. The second kappa shape index (κ2) is 6.96. The first-order valence-electron chi connectivity index (χ1n) is 7.91. The minimum absolute atomic E-state index is 0.0286. The Kier molecular flexibility index (Phi) is 5.09. The summed E-state index contributed by atoms with van der Waals surface area (Å²) >= 11 is 6.02. The maximum Gasteiger partial charge on any atom is 0.573 e. The molecule has 3 rings (SSSR count). The van der Waals surface area contributed by atoms with Crippen molar-refractivity contribution in [3.05, 3.63) is 40.2 Å². The van der Waals surface area contributed by atoms with Gasteiger partial charge in [-0.15, -0.1) is 13.2 Å². The lowest BCUT2D eigenvalue weighted by molar-refractivity contribution is -0.274. The molecule has 0 N–H and O–H groups in total. The lowest BCUT2D eigenvalue weighted by Crippen LogP contribution is -2.28. The van der Waals surface area contributed by atoms with E-state index in [1.54, 1.807) is 0 Å². The molecule has 1 saturated carbocycles. The SMILES string of the molecule is CN(c1c(C(=O)c2cnoc2C2CC2)ccc(OC(F)(F)F)c1Cl)S(C)(=O)=O. The molecule has 0 amide bonds. The van der Waals surface area contributed by atoms with E-state index < -0.39 is 38.6 Å². The van der Waals surface area contributed by atoms with Crippen molar-refractivity contribution in [1.82, 2.24) is 5.16 Å². The highest BCUT2D eigenvalue weighted by Gasteiger charge is 2.36. The summed E-state index contributed by atoms with van der Waals surface area (Å²) in [5.74, 6) is -1.12. The summed E-state index contributed by atoms with van der Waals surface area (Å²) < 4.78 is 71.4. The Hall–Kier alpha value is -2.27. The third-order valence-electron chi connectivity index (χ3n) is 4.15. The van der Waals surface area contributed by atoms with Gasteiger partial charge >= 0.3 is 6.36 Å². The van der Waals surface area contributed by atoms with E-state index in [1.807, 2.05) is 0 Å². The Labute approximate surface area is 163 Å². The average molecular weight is 439 g/mol. The minimum Gasteiger partial charge on any atom is -0.404 e. The van der Waals surface area contributed by atoms with Crippen LogP contribution < -0.4 is 9.04 Å². The molecule has 1 fully saturated rings. The van der Waals surface area contributed by atoms with E-state index in [4.69, 9.17) is 16.1 Å². The summed E-state index contributed by atoms with van der Waals surface area (Å²) in [4.78, 5) is 13.0. The Bertz CT molecular complexity index is 1030. The van der Waals surface area contributed by atoms with Gasteiger partial charge in [0, 0.05) is 18.5 Å². The van der Waals surface area contributed by atoms with Crippen molar-refractivity contribution in [3.63, 3.8) is 0 Å². The van der Waals surface area contributed by atoms with Crippen molar-refractivity contribution in [3.8, 4) is 5.75 Å². The number of sulfonamides is 1. The Morgan fingerprint density at radius 1 is 1.32 bits per heavy atom. The fraction of sp³-hybridized carbons (Fsp3) is 0.375. The van der Waals surface area contributed by atoms with Gasteiger partial charge in [-0.3, -0.25) is 9.10 Å². The van der Waals surface area contributed by atoms with Gasteiger partial charge in [0.15, 0.2) is 11.5 Å². The molecule has 0 saturated heterocycles. The molecule has 2 aromatic rings. The molecule has 152 valence electrons. The lowest BCUT2D eigenvalue weighted by atomic mass is 10.0. The van der Waals surface area contributed by atoms with Crippen LogP contribution in [0.15, 0.2) is 22.9 Å². The number of ether oxygens (including phenoxy) is 1. The number of rotatable bonds is 6. The van der Waals surface area contributed by atoms with Crippen molar-refractivity contribution in [1.29, 1.82) is 0 Å². The van der Waals surface area contributed by atoms with Gasteiger partial charge in [0.05, 0.1) is 23.7 Å². The number of hydrogen-bond donors (Lipinski definition) is 0. The molecule has 1 aromatic heterocycles. The first-order chi connectivity index (χ1) is 12.9. The van der Waals surface area contributed by atoms with Gasteiger partial charge in [-0.1, -0.05) is 16.8 Å². The zero-order valence-corrected chi connectivity index (χ0v) is 16.2. The van der Waals surface area contributed by atoms with E-state index in [9.17, 15) is 26.4 Å². The number of anilines is 1. The molecule has 1 aliphatic carbocycles.